The van der Waals surface area contributed by atoms with Crippen molar-refractivity contribution >= 4 is 23.2 Å². The lowest BCUT2D eigenvalue weighted by atomic mass is 10.1. The highest BCUT2D eigenvalue weighted by molar-refractivity contribution is 7.11. The summed E-state index contributed by atoms with van der Waals surface area (Å²) in [5.41, 5.74) is 1.37. The van der Waals surface area contributed by atoms with Crippen LogP contribution >= 0.6 is 11.3 Å². The second-order valence-electron chi connectivity index (χ2n) is 7.32. The first-order valence-electron chi connectivity index (χ1n) is 9.12. The summed E-state index contributed by atoms with van der Waals surface area (Å²) in [6.45, 7) is 11.9. The number of amides is 1. The lowest BCUT2D eigenvalue weighted by Gasteiger charge is -2.20. The van der Waals surface area contributed by atoms with Crippen LogP contribution in [-0.4, -0.2) is 28.9 Å². The second-order valence-corrected chi connectivity index (χ2v) is 8.64. The Morgan fingerprint density at radius 2 is 2.04 bits per heavy atom. The van der Waals surface area contributed by atoms with E-state index in [1.165, 1.54) is 4.88 Å². The van der Waals surface area contributed by atoms with Crippen molar-refractivity contribution in [2.24, 2.45) is 4.99 Å². The summed E-state index contributed by atoms with van der Waals surface area (Å²) in [5.74, 6) is 0.660. The van der Waals surface area contributed by atoms with Crippen LogP contribution in [0.2, 0.25) is 0 Å². The Hall–Kier alpha value is -2.41. The maximum absolute atomic E-state index is 12.3. The average molecular weight is 388 g/mol. The van der Waals surface area contributed by atoms with Crippen LogP contribution in [0.5, 0.6) is 0 Å². The molecule has 0 saturated carbocycles. The highest BCUT2D eigenvalue weighted by Crippen LogP contribution is 2.11. The smallest absolute Gasteiger partial charge is 0.251 e. The number of nitrogens with one attached hydrogen (secondary N) is 3. The van der Waals surface area contributed by atoms with Crippen LogP contribution in [0, 0.1) is 6.92 Å². The molecule has 146 valence electrons. The van der Waals surface area contributed by atoms with Crippen LogP contribution in [-0.2, 0) is 13.1 Å². The summed E-state index contributed by atoms with van der Waals surface area (Å²) in [6, 6.07) is 7.58. The number of hydrogen-bond donors (Lipinski definition) is 3. The molecule has 7 heteroatoms. The van der Waals surface area contributed by atoms with Crippen LogP contribution in [0.15, 0.2) is 35.5 Å². The summed E-state index contributed by atoms with van der Waals surface area (Å²) in [4.78, 5) is 22.5. The van der Waals surface area contributed by atoms with Gasteiger partial charge in [0.05, 0.1) is 13.1 Å². The summed E-state index contributed by atoms with van der Waals surface area (Å²) in [5, 5.41) is 10.5. The normalized spacial score (nSPS) is 12.0. The largest absolute Gasteiger partial charge is 0.357 e. The average Bonchev–Trinajstić information content (AvgIpc) is 3.01. The van der Waals surface area contributed by atoms with Crippen LogP contribution in [0.25, 0.3) is 0 Å². The summed E-state index contributed by atoms with van der Waals surface area (Å²) in [7, 11) is 0. The minimum Gasteiger partial charge on any atom is -0.357 e. The molecule has 0 aliphatic carbocycles. The maximum Gasteiger partial charge on any atom is 0.251 e. The standard InChI is InChI=1S/C20H29N5OS/c1-6-21-19(24-13-17-22-11-14(2)27-17)23-12-15-8-7-9-16(10-15)18(26)25-20(3,4)5/h7-11H,6,12-13H2,1-5H3,(H,25,26)(H2,21,23,24). The molecule has 0 atom stereocenters. The van der Waals surface area contributed by atoms with Gasteiger partial charge in [0.2, 0.25) is 0 Å². The minimum absolute atomic E-state index is 0.0718. The van der Waals surface area contributed by atoms with E-state index in [9.17, 15) is 4.79 Å². The molecule has 1 heterocycles. The van der Waals surface area contributed by atoms with Crippen molar-refractivity contribution in [2.75, 3.05) is 6.54 Å². The number of benzene rings is 1. The van der Waals surface area contributed by atoms with Gasteiger partial charge < -0.3 is 16.0 Å². The summed E-state index contributed by atoms with van der Waals surface area (Å²) >= 11 is 1.67. The third-order valence-electron chi connectivity index (χ3n) is 3.52. The Kier molecular flexibility index (Phi) is 7.36. The van der Waals surface area contributed by atoms with E-state index < -0.39 is 0 Å². The molecular formula is C20H29N5OS. The molecule has 0 aliphatic heterocycles. The zero-order valence-electron chi connectivity index (χ0n) is 16.7. The van der Waals surface area contributed by atoms with E-state index >= 15 is 0 Å². The Bertz CT molecular complexity index is 792. The Morgan fingerprint density at radius 1 is 1.26 bits per heavy atom. The fourth-order valence-electron chi connectivity index (χ4n) is 2.38. The SMILES string of the molecule is CCNC(=NCc1cccc(C(=O)NC(C)(C)C)c1)NCc1ncc(C)s1. The number of aromatic nitrogens is 1. The second kappa shape index (κ2) is 9.50. The number of aliphatic imine (C=N–C) groups is 1. The molecule has 1 aromatic heterocycles. The molecule has 0 saturated heterocycles. The molecule has 27 heavy (non-hydrogen) atoms. The predicted molar refractivity (Wildman–Crippen MR) is 112 cm³/mol. The quantitative estimate of drug-likeness (QED) is 0.525. The van der Waals surface area contributed by atoms with Crippen molar-refractivity contribution in [3.63, 3.8) is 0 Å². The fraction of sp³-hybridized carbons (Fsp3) is 0.450. The molecule has 0 aliphatic rings. The lowest BCUT2D eigenvalue weighted by molar-refractivity contribution is 0.0919. The number of thiazole rings is 1. The van der Waals surface area contributed by atoms with E-state index in [0.717, 1.165) is 23.1 Å². The number of nitrogens with zero attached hydrogens (tertiary/aromatic N) is 2. The van der Waals surface area contributed by atoms with Crippen molar-refractivity contribution in [2.45, 2.75) is 53.2 Å². The van der Waals surface area contributed by atoms with Crippen molar-refractivity contribution in [3.8, 4) is 0 Å². The van der Waals surface area contributed by atoms with Gasteiger partial charge in [0.25, 0.3) is 5.91 Å². The van der Waals surface area contributed by atoms with E-state index in [0.29, 0.717) is 18.7 Å². The first kappa shape index (κ1) is 20.9. The molecule has 1 aromatic carbocycles. The van der Waals surface area contributed by atoms with Crippen LogP contribution in [0.3, 0.4) is 0 Å². The predicted octanol–water partition coefficient (Wildman–Crippen LogP) is 3.24. The van der Waals surface area contributed by atoms with E-state index in [4.69, 9.17) is 0 Å². The zero-order chi connectivity index (χ0) is 19.9. The van der Waals surface area contributed by atoms with Gasteiger partial charge in [0.15, 0.2) is 5.96 Å². The molecule has 6 nitrogen and oxygen atoms in total. The Balaban J connectivity index is 2.02. The number of carbonyl (C=O) groups excluding carboxylic acids is 1. The number of aryl methyl sites for hydroxylation is 1. The van der Waals surface area contributed by atoms with Gasteiger partial charge in [-0.3, -0.25) is 4.79 Å². The molecule has 2 rings (SSSR count). The van der Waals surface area contributed by atoms with Crippen molar-refractivity contribution in [3.05, 3.63) is 51.5 Å². The van der Waals surface area contributed by atoms with E-state index in [-0.39, 0.29) is 11.4 Å². The van der Waals surface area contributed by atoms with Crippen molar-refractivity contribution in [1.82, 2.24) is 20.9 Å². The highest BCUT2D eigenvalue weighted by atomic mass is 32.1. The molecule has 0 bridgehead atoms. The summed E-state index contributed by atoms with van der Waals surface area (Å²) < 4.78 is 0. The third-order valence-corrected chi connectivity index (χ3v) is 4.43. The molecule has 0 unspecified atom stereocenters. The van der Waals surface area contributed by atoms with E-state index in [1.807, 2.05) is 65.1 Å². The van der Waals surface area contributed by atoms with Crippen LogP contribution < -0.4 is 16.0 Å². The van der Waals surface area contributed by atoms with Gasteiger partial charge in [-0.15, -0.1) is 11.3 Å². The van der Waals surface area contributed by atoms with Crippen LogP contribution in [0.4, 0.5) is 0 Å². The third kappa shape index (κ3) is 7.38. The molecule has 0 radical (unpaired) electrons. The molecule has 3 N–H and O–H groups in total. The molecule has 1 amide bonds. The van der Waals surface area contributed by atoms with E-state index in [1.54, 1.807) is 11.3 Å². The number of hydrogen-bond acceptors (Lipinski definition) is 4. The van der Waals surface area contributed by atoms with Crippen molar-refractivity contribution < 1.29 is 4.79 Å². The molecule has 0 fully saturated rings. The van der Waals surface area contributed by atoms with Gasteiger partial charge in [-0.05, 0) is 52.3 Å². The van der Waals surface area contributed by atoms with Gasteiger partial charge >= 0.3 is 0 Å². The zero-order valence-corrected chi connectivity index (χ0v) is 17.5. The minimum atomic E-state index is -0.262. The van der Waals surface area contributed by atoms with Gasteiger partial charge in [-0.1, -0.05) is 12.1 Å². The number of carbonyl (C=O) groups is 1. The molecular weight excluding hydrogens is 358 g/mol. The van der Waals surface area contributed by atoms with Crippen molar-refractivity contribution in [1.29, 1.82) is 0 Å². The van der Waals surface area contributed by atoms with Gasteiger partial charge in [0, 0.05) is 28.7 Å². The van der Waals surface area contributed by atoms with Crippen LogP contribution in [0.1, 0.15) is 53.5 Å². The maximum atomic E-state index is 12.3. The number of rotatable bonds is 6. The first-order chi connectivity index (χ1) is 12.8. The fourth-order valence-corrected chi connectivity index (χ4v) is 3.11. The van der Waals surface area contributed by atoms with E-state index in [2.05, 4.69) is 25.9 Å². The Labute approximate surface area is 165 Å². The van der Waals surface area contributed by atoms with Gasteiger partial charge in [0.1, 0.15) is 5.01 Å². The molecule has 2 aromatic rings. The Morgan fingerprint density at radius 3 is 2.67 bits per heavy atom. The topological polar surface area (TPSA) is 78.4 Å². The highest BCUT2D eigenvalue weighted by Gasteiger charge is 2.15. The summed E-state index contributed by atoms with van der Waals surface area (Å²) in [6.07, 6.45) is 1.87. The first-order valence-corrected chi connectivity index (χ1v) is 9.93. The lowest BCUT2D eigenvalue weighted by Crippen LogP contribution is -2.40. The molecule has 0 spiro atoms. The van der Waals surface area contributed by atoms with Gasteiger partial charge in [-0.25, -0.2) is 9.98 Å². The number of guanidine groups is 1. The van der Waals surface area contributed by atoms with Gasteiger partial charge in [-0.2, -0.15) is 0 Å². The monoisotopic (exact) mass is 387 g/mol.